The van der Waals surface area contributed by atoms with Gasteiger partial charge in [-0.25, -0.2) is 4.79 Å². The van der Waals surface area contributed by atoms with Crippen LogP contribution in [0.2, 0.25) is 0 Å². The van der Waals surface area contributed by atoms with E-state index in [2.05, 4.69) is 10.1 Å². The minimum atomic E-state index is -5.04. The number of H-pyrrole nitrogens is 1. The van der Waals surface area contributed by atoms with Gasteiger partial charge in [0, 0.05) is 44.3 Å². The Hall–Kier alpha value is -3.83. The summed E-state index contributed by atoms with van der Waals surface area (Å²) >= 11 is 0. The van der Waals surface area contributed by atoms with E-state index in [1.807, 2.05) is 13.0 Å². The number of alkyl halides is 3. The average molecular weight is 488 g/mol. The van der Waals surface area contributed by atoms with Crippen molar-refractivity contribution in [1.29, 1.82) is 0 Å². The number of ketones is 1. The van der Waals surface area contributed by atoms with Gasteiger partial charge in [0.1, 0.15) is 11.1 Å². The van der Waals surface area contributed by atoms with E-state index in [0.29, 0.717) is 12.5 Å². The molecule has 0 saturated heterocycles. The van der Waals surface area contributed by atoms with Crippen LogP contribution in [0.3, 0.4) is 0 Å². The van der Waals surface area contributed by atoms with Crippen LogP contribution in [0.5, 0.6) is 0 Å². The lowest BCUT2D eigenvalue weighted by Gasteiger charge is -2.09. The summed E-state index contributed by atoms with van der Waals surface area (Å²) < 4.78 is 44.7. The van der Waals surface area contributed by atoms with Gasteiger partial charge < -0.3 is 9.55 Å². The fourth-order valence-corrected chi connectivity index (χ4v) is 4.38. The van der Waals surface area contributed by atoms with Gasteiger partial charge in [-0.05, 0) is 43.4 Å². The summed E-state index contributed by atoms with van der Waals surface area (Å²) in [6.07, 6.45) is -0.254. The first kappa shape index (κ1) is 22.9. The lowest BCUT2D eigenvalue weighted by atomic mass is 10.1. The summed E-state index contributed by atoms with van der Waals surface area (Å²) in [5, 5.41) is 4.73. The average Bonchev–Trinajstić information content (AvgIpc) is 3.22. The molecule has 0 aliphatic heterocycles. The number of aryl methyl sites for hydroxylation is 2. The minimum absolute atomic E-state index is 0.118. The van der Waals surface area contributed by atoms with Gasteiger partial charge in [-0.15, -0.1) is 0 Å². The Morgan fingerprint density at radius 1 is 1.20 bits per heavy atom. The van der Waals surface area contributed by atoms with Crippen molar-refractivity contribution in [2.75, 3.05) is 0 Å². The topological polar surface area (TPSA) is 99.6 Å². The highest BCUT2D eigenvalue weighted by Gasteiger charge is 2.40. The van der Waals surface area contributed by atoms with Gasteiger partial charge in [-0.2, -0.15) is 18.3 Å². The number of nitrogens with one attached hydrogen (secondary N) is 1. The van der Waals surface area contributed by atoms with Gasteiger partial charge in [0.2, 0.25) is 0 Å². The quantitative estimate of drug-likeness (QED) is 0.422. The van der Waals surface area contributed by atoms with Crippen molar-refractivity contribution >= 4 is 16.8 Å². The van der Waals surface area contributed by atoms with Crippen LogP contribution in [0.25, 0.3) is 22.4 Å². The molecule has 1 aliphatic rings. The van der Waals surface area contributed by atoms with Crippen molar-refractivity contribution in [2.24, 2.45) is 20.0 Å². The first-order valence-corrected chi connectivity index (χ1v) is 11.1. The zero-order valence-corrected chi connectivity index (χ0v) is 19.3. The molecule has 0 aromatic carbocycles. The Balaban J connectivity index is 1.80. The van der Waals surface area contributed by atoms with Crippen LogP contribution in [-0.4, -0.2) is 40.4 Å². The second-order valence-corrected chi connectivity index (χ2v) is 9.15. The molecule has 0 spiro atoms. The van der Waals surface area contributed by atoms with Crippen LogP contribution in [0.4, 0.5) is 13.2 Å². The third kappa shape index (κ3) is 3.92. The summed E-state index contributed by atoms with van der Waals surface area (Å²) in [5.41, 5.74) is 0.709. The van der Waals surface area contributed by atoms with Crippen LogP contribution in [0, 0.1) is 12.8 Å². The van der Waals surface area contributed by atoms with E-state index in [1.165, 1.54) is 27.9 Å². The Labute approximate surface area is 196 Å². The third-order valence-corrected chi connectivity index (χ3v) is 6.35. The number of hydrogen-bond donors (Lipinski definition) is 1. The van der Waals surface area contributed by atoms with Crippen LogP contribution in [-0.2, 0) is 27.2 Å². The van der Waals surface area contributed by atoms with Gasteiger partial charge in [-0.3, -0.25) is 23.4 Å². The number of fused-ring (bicyclic) bond motifs is 1. The molecule has 4 heterocycles. The zero-order chi connectivity index (χ0) is 25.2. The summed E-state index contributed by atoms with van der Waals surface area (Å²) in [4.78, 5) is 41.2. The SMILES string of the molecule is Cc1cc(Cn2nc3c(c2-c2cc(C(=O)C(F)(F)F)cn2C)c(=O)n(C)c(=O)n3CC2CC2)c[nH]1. The Bertz CT molecular complexity index is 1590. The van der Waals surface area contributed by atoms with Gasteiger partial charge in [-0.1, -0.05) is 0 Å². The molecule has 9 nitrogen and oxygen atoms in total. The molecule has 1 aliphatic carbocycles. The molecule has 1 N–H and O–H groups in total. The number of aromatic amines is 1. The van der Waals surface area contributed by atoms with Crippen molar-refractivity contribution in [2.45, 2.75) is 39.0 Å². The molecular formula is C23H23F3N6O3. The molecule has 4 aromatic rings. The molecule has 0 unspecified atom stereocenters. The summed E-state index contributed by atoms with van der Waals surface area (Å²) in [5.74, 6) is -1.67. The van der Waals surface area contributed by atoms with E-state index in [-0.39, 0.29) is 29.0 Å². The van der Waals surface area contributed by atoms with Crippen molar-refractivity contribution in [1.82, 2.24) is 28.5 Å². The van der Waals surface area contributed by atoms with E-state index in [4.69, 9.17) is 0 Å². The van der Waals surface area contributed by atoms with Crippen molar-refractivity contribution in [3.05, 3.63) is 62.2 Å². The minimum Gasteiger partial charge on any atom is -0.365 e. The van der Waals surface area contributed by atoms with Crippen LogP contribution in [0.15, 0.2) is 34.1 Å². The summed E-state index contributed by atoms with van der Waals surface area (Å²) in [6.45, 7) is 2.47. The number of nitrogens with zero attached hydrogens (tertiary/aromatic N) is 5. The number of hydrogen-bond acceptors (Lipinski definition) is 4. The monoisotopic (exact) mass is 488 g/mol. The standard InChI is InChI=1S/C23H23F3N6O3/c1-12-6-14(8-27-12)10-32-18(16-7-15(11-29(16)2)19(33)23(24,25)26)17-20(28-32)31(9-13-4-5-13)22(35)30(3)21(17)34/h6-8,11,13,27H,4-5,9-10H2,1-3H3. The smallest absolute Gasteiger partial charge is 0.365 e. The van der Waals surface area contributed by atoms with E-state index in [9.17, 15) is 27.6 Å². The highest BCUT2D eigenvalue weighted by atomic mass is 19.4. The highest BCUT2D eigenvalue weighted by molar-refractivity contribution is 6.02. The maximum Gasteiger partial charge on any atom is 0.454 e. The maximum absolute atomic E-state index is 13.3. The van der Waals surface area contributed by atoms with Gasteiger partial charge in [0.25, 0.3) is 11.3 Å². The zero-order valence-electron chi connectivity index (χ0n) is 19.3. The third-order valence-electron chi connectivity index (χ3n) is 6.35. The van der Waals surface area contributed by atoms with Crippen LogP contribution in [0.1, 0.15) is 34.5 Å². The molecule has 4 aromatic heterocycles. The maximum atomic E-state index is 13.3. The predicted molar refractivity (Wildman–Crippen MR) is 121 cm³/mol. The van der Waals surface area contributed by atoms with Gasteiger partial charge >= 0.3 is 11.9 Å². The first-order valence-electron chi connectivity index (χ1n) is 11.1. The number of carbonyl (C=O) groups is 1. The molecule has 0 bridgehead atoms. The summed E-state index contributed by atoms with van der Waals surface area (Å²) in [6, 6.07) is 3.00. The molecule has 0 amide bonds. The number of Topliss-reactive ketones (excluding diaryl/α,β-unsaturated/α-hetero) is 1. The number of rotatable bonds is 6. The van der Waals surface area contributed by atoms with Crippen molar-refractivity contribution in [3.8, 4) is 11.4 Å². The number of carbonyl (C=O) groups excluding carboxylic acids is 1. The Kier molecular flexibility index (Phi) is 5.15. The molecule has 35 heavy (non-hydrogen) atoms. The molecule has 5 rings (SSSR count). The predicted octanol–water partition coefficient (Wildman–Crippen LogP) is 2.74. The molecule has 0 radical (unpaired) electrons. The number of halogens is 3. The lowest BCUT2D eigenvalue weighted by molar-refractivity contribution is -0.0885. The first-order chi connectivity index (χ1) is 16.5. The fourth-order valence-electron chi connectivity index (χ4n) is 4.38. The Morgan fingerprint density at radius 2 is 1.91 bits per heavy atom. The van der Waals surface area contributed by atoms with Gasteiger partial charge in [0.15, 0.2) is 5.65 Å². The Morgan fingerprint density at radius 3 is 2.51 bits per heavy atom. The van der Waals surface area contributed by atoms with E-state index in [0.717, 1.165) is 40.9 Å². The van der Waals surface area contributed by atoms with E-state index >= 15 is 0 Å². The normalized spacial score (nSPS) is 14.2. The second kappa shape index (κ2) is 7.85. The van der Waals surface area contributed by atoms with Crippen molar-refractivity contribution < 1.29 is 18.0 Å². The van der Waals surface area contributed by atoms with E-state index in [1.54, 1.807) is 6.20 Å². The highest BCUT2D eigenvalue weighted by Crippen LogP contribution is 2.33. The molecule has 12 heteroatoms. The molecule has 1 saturated carbocycles. The van der Waals surface area contributed by atoms with Crippen LogP contribution >= 0.6 is 0 Å². The molecule has 184 valence electrons. The molecule has 1 fully saturated rings. The van der Waals surface area contributed by atoms with Crippen LogP contribution < -0.4 is 11.2 Å². The lowest BCUT2D eigenvalue weighted by Crippen LogP contribution is -2.38. The largest absolute Gasteiger partial charge is 0.454 e. The molecular weight excluding hydrogens is 465 g/mol. The fraction of sp³-hybridized carbons (Fsp3) is 0.391. The summed E-state index contributed by atoms with van der Waals surface area (Å²) in [7, 11) is 2.87. The van der Waals surface area contributed by atoms with Crippen molar-refractivity contribution in [3.63, 3.8) is 0 Å². The van der Waals surface area contributed by atoms with Gasteiger partial charge in [0.05, 0.1) is 12.2 Å². The van der Waals surface area contributed by atoms with E-state index < -0.39 is 28.8 Å². The second-order valence-electron chi connectivity index (χ2n) is 9.15. The molecule has 0 atom stereocenters. The number of aromatic nitrogens is 6.